The number of benzene rings is 3. The molecule has 1 aliphatic rings. The average molecular weight is 790 g/mol. The Morgan fingerprint density at radius 2 is 1.59 bits per heavy atom. The van der Waals surface area contributed by atoms with Crippen LogP contribution in [-0.4, -0.2) is 103 Å². The molecule has 1 aliphatic heterocycles. The molecule has 0 bridgehead atoms. The lowest BCUT2D eigenvalue weighted by Gasteiger charge is -2.32. The maximum Gasteiger partial charge on any atom is 0.243 e. The van der Waals surface area contributed by atoms with Crippen molar-refractivity contribution in [1.29, 1.82) is 0 Å². The number of ether oxygens (including phenoxy) is 1. The van der Waals surface area contributed by atoms with Crippen molar-refractivity contribution in [2.75, 3.05) is 38.2 Å². The van der Waals surface area contributed by atoms with Crippen molar-refractivity contribution >= 4 is 57.7 Å². The second kappa shape index (κ2) is 21.5. The molecule has 4 amide bonds. The summed E-state index contributed by atoms with van der Waals surface area (Å²) in [5.74, 6) is -1.18. The van der Waals surface area contributed by atoms with Gasteiger partial charge in [0.05, 0.1) is 37.8 Å². The fraction of sp³-hybridized carbons (Fsp3) is 0.463. The van der Waals surface area contributed by atoms with E-state index in [0.717, 1.165) is 16.3 Å². The zero-order valence-corrected chi connectivity index (χ0v) is 33.2. The lowest BCUT2D eigenvalue weighted by atomic mass is 9.89. The van der Waals surface area contributed by atoms with E-state index in [4.69, 9.17) is 16.2 Å². The van der Waals surface area contributed by atoms with E-state index in [0.29, 0.717) is 55.0 Å². The molecule has 0 radical (unpaired) electrons. The van der Waals surface area contributed by atoms with Gasteiger partial charge in [-0.3, -0.25) is 34.1 Å². The van der Waals surface area contributed by atoms with E-state index in [9.17, 15) is 28.8 Å². The first-order chi connectivity index (χ1) is 26.8. The molecule has 14 nitrogen and oxygen atoms in total. The minimum Gasteiger partial charge on any atom is -0.497 e. The Hall–Kier alpha value is -4.83. The lowest BCUT2D eigenvalue weighted by molar-refractivity contribution is -0.135. The van der Waals surface area contributed by atoms with E-state index < -0.39 is 47.4 Å². The summed E-state index contributed by atoms with van der Waals surface area (Å²) < 4.78 is 5.30. The highest BCUT2D eigenvalue weighted by Gasteiger charge is 2.37. The van der Waals surface area contributed by atoms with Gasteiger partial charge >= 0.3 is 0 Å². The molecule has 0 spiro atoms. The molecule has 1 saturated heterocycles. The number of rotatable bonds is 18. The number of hydrogen-bond donors (Lipinski definition) is 7. The number of amides is 4. The highest BCUT2D eigenvalue weighted by molar-refractivity contribution is 7.99. The Morgan fingerprint density at radius 3 is 2.27 bits per heavy atom. The minimum absolute atomic E-state index is 0.0672. The zero-order chi connectivity index (χ0) is 40.7. The molecule has 56 heavy (non-hydrogen) atoms. The first-order valence-electron chi connectivity index (χ1n) is 18.9. The van der Waals surface area contributed by atoms with Crippen molar-refractivity contribution in [3.8, 4) is 5.75 Å². The summed E-state index contributed by atoms with van der Waals surface area (Å²) in [7, 11) is 1.54. The molecule has 15 heteroatoms. The van der Waals surface area contributed by atoms with Gasteiger partial charge in [-0.25, -0.2) is 0 Å². The topological polar surface area (TPSA) is 224 Å². The predicted molar refractivity (Wildman–Crippen MR) is 218 cm³/mol. The van der Waals surface area contributed by atoms with Gasteiger partial charge in [-0.05, 0) is 78.9 Å². The second-order valence-corrected chi connectivity index (χ2v) is 15.4. The molecule has 1 heterocycles. The van der Waals surface area contributed by atoms with Crippen LogP contribution in [0, 0.1) is 0 Å². The van der Waals surface area contributed by atoms with E-state index in [1.54, 1.807) is 38.3 Å². The first kappa shape index (κ1) is 43.9. The van der Waals surface area contributed by atoms with Crippen LogP contribution in [0.4, 0.5) is 0 Å². The maximum atomic E-state index is 14.4. The SMILES string of the molecule is COc1ccc(C[C@H](NC(=O)[C@@H]2CSCC[C@H](NC(C)=O)C(=O)CN2)C(=O)N[C@@H](Cc2ccc3ccccc3c2)C(=O)N[C@@](C)(CCCCN)C(=O)CN)cc1. The molecule has 0 aromatic heterocycles. The number of nitrogens with two attached hydrogens (primary N) is 2. The molecule has 4 rings (SSSR count). The Bertz CT molecular complexity index is 1840. The van der Waals surface area contributed by atoms with Crippen molar-refractivity contribution in [2.45, 2.75) is 82.1 Å². The Labute approximate surface area is 332 Å². The fourth-order valence-electron chi connectivity index (χ4n) is 6.58. The monoisotopic (exact) mass is 789 g/mol. The van der Waals surface area contributed by atoms with Crippen LogP contribution in [0.5, 0.6) is 5.75 Å². The highest BCUT2D eigenvalue weighted by atomic mass is 32.2. The normalized spacial score (nSPS) is 18.2. The van der Waals surface area contributed by atoms with E-state index in [1.165, 1.54) is 18.7 Å². The van der Waals surface area contributed by atoms with Crippen LogP contribution in [0.15, 0.2) is 66.7 Å². The largest absolute Gasteiger partial charge is 0.497 e. The zero-order valence-electron chi connectivity index (χ0n) is 32.4. The number of fused-ring (bicyclic) bond motifs is 1. The van der Waals surface area contributed by atoms with Crippen molar-refractivity contribution in [3.63, 3.8) is 0 Å². The van der Waals surface area contributed by atoms with Gasteiger partial charge in [0.1, 0.15) is 17.8 Å². The predicted octanol–water partition coefficient (Wildman–Crippen LogP) is 1.30. The van der Waals surface area contributed by atoms with Gasteiger partial charge in [-0.15, -0.1) is 0 Å². The summed E-state index contributed by atoms with van der Waals surface area (Å²) in [5, 5.41) is 16.3. The number of nitrogens with one attached hydrogen (secondary N) is 5. The Kier molecular flexibility index (Phi) is 16.8. The number of carbonyl (C=O) groups is 6. The summed E-state index contributed by atoms with van der Waals surface area (Å²) in [6.07, 6.45) is 2.09. The third-order valence-electron chi connectivity index (χ3n) is 9.89. The Morgan fingerprint density at radius 1 is 0.911 bits per heavy atom. The number of hydrogen-bond acceptors (Lipinski definition) is 11. The van der Waals surface area contributed by atoms with Gasteiger partial charge in [-0.2, -0.15) is 11.8 Å². The average Bonchev–Trinajstić information content (AvgIpc) is 3.27. The molecule has 0 unspecified atom stereocenters. The van der Waals surface area contributed by atoms with E-state index in [1.807, 2.05) is 42.5 Å². The maximum absolute atomic E-state index is 14.4. The lowest BCUT2D eigenvalue weighted by Crippen LogP contribution is -2.61. The molecule has 0 aliphatic carbocycles. The minimum atomic E-state index is -1.30. The van der Waals surface area contributed by atoms with Crippen molar-refractivity contribution in [3.05, 3.63) is 77.9 Å². The second-order valence-electron chi connectivity index (χ2n) is 14.3. The van der Waals surface area contributed by atoms with Crippen LogP contribution in [0.25, 0.3) is 10.8 Å². The third-order valence-corrected chi connectivity index (χ3v) is 11.0. The van der Waals surface area contributed by atoms with Crippen LogP contribution in [-0.2, 0) is 41.6 Å². The van der Waals surface area contributed by atoms with Crippen LogP contribution in [0.3, 0.4) is 0 Å². The van der Waals surface area contributed by atoms with E-state index in [-0.39, 0.29) is 43.4 Å². The van der Waals surface area contributed by atoms with Gasteiger partial charge in [0.15, 0.2) is 11.6 Å². The van der Waals surface area contributed by atoms with Crippen LogP contribution in [0.1, 0.15) is 50.7 Å². The summed E-state index contributed by atoms with van der Waals surface area (Å²) in [4.78, 5) is 80.3. The molecule has 302 valence electrons. The molecule has 1 fully saturated rings. The van der Waals surface area contributed by atoms with E-state index >= 15 is 0 Å². The van der Waals surface area contributed by atoms with Gasteiger partial charge in [0, 0.05) is 25.5 Å². The van der Waals surface area contributed by atoms with Crippen LogP contribution >= 0.6 is 11.8 Å². The van der Waals surface area contributed by atoms with Gasteiger partial charge < -0.3 is 37.5 Å². The smallest absolute Gasteiger partial charge is 0.243 e. The summed E-state index contributed by atoms with van der Waals surface area (Å²) in [5.41, 5.74) is 11.7. The standard InChI is InChI=1S/C41H55N7O7S/c1-26(49)45-32-16-19-56-25-35(44-24-36(32)50)39(53)46-33(21-27-11-14-31(55-3)15-12-27)38(52)47-34(22-28-10-13-29-8-4-5-9-30(29)20-28)40(54)48-41(2,37(51)23-43)17-6-7-18-42/h4-5,8-15,20,32-35,44H,6-7,16-19,21-25,42-43H2,1-3H3,(H,45,49)(H,46,53)(H,47,52)(H,48,54)/t32-,33-,34-,35-,41-/m0/s1. The first-order valence-corrected chi connectivity index (χ1v) is 20.1. The van der Waals surface area contributed by atoms with Gasteiger partial charge in [0.25, 0.3) is 0 Å². The van der Waals surface area contributed by atoms with Crippen molar-refractivity contribution in [1.82, 2.24) is 26.6 Å². The van der Waals surface area contributed by atoms with Gasteiger partial charge in [0.2, 0.25) is 23.6 Å². The summed E-state index contributed by atoms with van der Waals surface area (Å²) in [6, 6.07) is 16.8. The quantitative estimate of drug-likeness (QED) is 0.0911. The number of ketones is 2. The number of methoxy groups -OCH3 is 1. The van der Waals surface area contributed by atoms with Crippen molar-refractivity contribution < 1.29 is 33.5 Å². The van der Waals surface area contributed by atoms with Crippen LogP contribution < -0.4 is 42.8 Å². The molecule has 3 aromatic carbocycles. The number of carbonyl (C=O) groups excluding carboxylic acids is 6. The molecular weight excluding hydrogens is 735 g/mol. The van der Waals surface area contributed by atoms with Crippen LogP contribution in [0.2, 0.25) is 0 Å². The molecular formula is C41H55N7O7S. The highest BCUT2D eigenvalue weighted by Crippen LogP contribution is 2.20. The van der Waals surface area contributed by atoms with Gasteiger partial charge in [-0.1, -0.05) is 54.6 Å². The number of unbranched alkanes of at least 4 members (excludes halogenated alkanes) is 1. The summed E-state index contributed by atoms with van der Waals surface area (Å²) in [6.45, 7) is 2.96. The molecule has 3 aromatic rings. The van der Waals surface area contributed by atoms with E-state index in [2.05, 4.69) is 26.6 Å². The molecule has 5 atom stereocenters. The number of thioether (sulfide) groups is 1. The Balaban J connectivity index is 1.63. The molecule has 9 N–H and O–H groups in total. The fourth-order valence-corrected chi connectivity index (χ4v) is 7.65. The molecule has 0 saturated carbocycles. The summed E-state index contributed by atoms with van der Waals surface area (Å²) >= 11 is 1.45. The van der Waals surface area contributed by atoms with Crippen molar-refractivity contribution in [2.24, 2.45) is 11.5 Å². The third kappa shape index (κ3) is 12.9. The number of Topliss-reactive ketones (excluding diaryl/α,β-unsaturated/α-hetero) is 2.